The molecular formula is C16H17N3O2S. The molecule has 0 saturated carbocycles. The van der Waals surface area contributed by atoms with E-state index in [1.807, 2.05) is 30.3 Å². The molecule has 0 radical (unpaired) electrons. The molecule has 0 aliphatic carbocycles. The maximum atomic E-state index is 12.1. The fourth-order valence-electron chi connectivity index (χ4n) is 2.57. The zero-order chi connectivity index (χ0) is 15.9. The Labute approximate surface area is 135 Å². The van der Waals surface area contributed by atoms with Crippen LogP contribution in [0.4, 0.5) is 5.69 Å². The lowest BCUT2D eigenvalue weighted by Gasteiger charge is -2.15. The van der Waals surface area contributed by atoms with Crippen LogP contribution in [-0.2, 0) is 4.79 Å². The van der Waals surface area contributed by atoms with Gasteiger partial charge in [-0.2, -0.15) is 0 Å². The molecule has 6 heteroatoms. The van der Waals surface area contributed by atoms with E-state index in [1.165, 1.54) is 4.90 Å². The average molecular weight is 315 g/mol. The summed E-state index contributed by atoms with van der Waals surface area (Å²) >= 11 is 5.20. The molecular weight excluding hydrogens is 298 g/mol. The highest BCUT2D eigenvalue weighted by Gasteiger charge is 2.32. The smallest absolute Gasteiger partial charge is 0.276 e. The Morgan fingerprint density at radius 2 is 1.91 bits per heavy atom. The number of thiocarbonyl (C=S) groups is 1. The number of benzene rings is 1. The summed E-state index contributed by atoms with van der Waals surface area (Å²) in [5.41, 5.74) is 1.57. The van der Waals surface area contributed by atoms with Crippen LogP contribution in [0.25, 0.3) is 0 Å². The number of rotatable bonds is 2. The number of allylic oxidation sites excluding steroid dienone is 2. The molecule has 0 aromatic heterocycles. The van der Waals surface area contributed by atoms with Crippen molar-refractivity contribution in [2.75, 3.05) is 25.5 Å². The Morgan fingerprint density at radius 3 is 2.55 bits per heavy atom. The number of nitrogens with zero attached hydrogens (tertiary/aromatic N) is 3. The number of carbonyl (C=O) groups is 1. The number of para-hydroxylation sites is 2. The minimum atomic E-state index is -0.108. The molecule has 2 aliphatic heterocycles. The topological polar surface area (TPSA) is 36.0 Å². The quantitative estimate of drug-likeness (QED) is 0.618. The lowest BCUT2D eigenvalue weighted by Crippen LogP contribution is -2.26. The highest BCUT2D eigenvalue weighted by atomic mass is 32.1. The normalized spacial score (nSPS) is 21.1. The molecule has 5 nitrogen and oxygen atoms in total. The zero-order valence-corrected chi connectivity index (χ0v) is 13.6. The van der Waals surface area contributed by atoms with Crippen LogP contribution in [0.5, 0.6) is 5.75 Å². The van der Waals surface area contributed by atoms with Crippen LogP contribution in [-0.4, -0.2) is 41.5 Å². The molecule has 0 atom stereocenters. The molecule has 0 unspecified atom stereocenters. The second kappa shape index (κ2) is 5.46. The molecule has 1 amide bonds. The van der Waals surface area contributed by atoms with Gasteiger partial charge in [0.15, 0.2) is 10.9 Å². The van der Waals surface area contributed by atoms with Crippen LogP contribution in [0.3, 0.4) is 0 Å². The van der Waals surface area contributed by atoms with Gasteiger partial charge >= 0.3 is 0 Å². The molecule has 1 fully saturated rings. The second-order valence-corrected chi connectivity index (χ2v) is 5.44. The summed E-state index contributed by atoms with van der Waals surface area (Å²) in [4.78, 5) is 17.4. The fourth-order valence-corrected chi connectivity index (χ4v) is 2.75. The minimum Gasteiger partial charge on any atom is -0.439 e. The van der Waals surface area contributed by atoms with E-state index < -0.39 is 0 Å². The molecule has 1 saturated heterocycles. The molecule has 114 valence electrons. The van der Waals surface area contributed by atoms with E-state index in [9.17, 15) is 4.79 Å². The standard InChI is InChI=1S/C16H17N3O2S/c1-4-19-11-7-5-6-8-13(11)21-14(19)10-9-12-15(20)18(3)16(22)17(12)2/h5-10H,4H2,1-3H3/b12-9+,14-10+. The van der Waals surface area contributed by atoms with E-state index in [1.54, 1.807) is 25.1 Å². The predicted molar refractivity (Wildman–Crippen MR) is 89.4 cm³/mol. The van der Waals surface area contributed by atoms with Gasteiger partial charge in [-0.25, -0.2) is 0 Å². The monoisotopic (exact) mass is 315 g/mol. The van der Waals surface area contributed by atoms with Gasteiger partial charge in [0.1, 0.15) is 5.70 Å². The van der Waals surface area contributed by atoms with Gasteiger partial charge < -0.3 is 14.5 Å². The largest absolute Gasteiger partial charge is 0.439 e. The first-order valence-electron chi connectivity index (χ1n) is 7.06. The molecule has 0 bridgehead atoms. The second-order valence-electron chi connectivity index (χ2n) is 5.08. The summed E-state index contributed by atoms with van der Waals surface area (Å²) in [5, 5.41) is 0.498. The zero-order valence-electron chi connectivity index (χ0n) is 12.7. The summed E-state index contributed by atoms with van der Waals surface area (Å²) < 4.78 is 5.86. The van der Waals surface area contributed by atoms with Crippen LogP contribution >= 0.6 is 12.2 Å². The first-order chi connectivity index (χ1) is 10.5. The number of amides is 1. The Kier molecular flexibility index (Phi) is 3.62. The van der Waals surface area contributed by atoms with E-state index in [0.29, 0.717) is 16.7 Å². The molecule has 3 rings (SSSR count). The number of fused-ring (bicyclic) bond motifs is 1. The van der Waals surface area contributed by atoms with E-state index in [-0.39, 0.29) is 5.91 Å². The van der Waals surface area contributed by atoms with E-state index in [4.69, 9.17) is 17.0 Å². The van der Waals surface area contributed by atoms with Crippen molar-refractivity contribution in [2.45, 2.75) is 6.92 Å². The lowest BCUT2D eigenvalue weighted by molar-refractivity contribution is -0.121. The number of likely N-dealkylation sites (N-methyl/N-ethyl adjacent to an activating group) is 2. The molecule has 2 aliphatic rings. The Bertz CT molecular complexity index is 711. The molecule has 0 N–H and O–H groups in total. The molecule has 1 aromatic rings. The van der Waals surface area contributed by atoms with Crippen molar-refractivity contribution in [3.05, 3.63) is 48.0 Å². The number of ether oxygens (including phenoxy) is 1. The number of hydrogen-bond acceptors (Lipinski definition) is 4. The van der Waals surface area contributed by atoms with Gasteiger partial charge in [-0.1, -0.05) is 12.1 Å². The summed E-state index contributed by atoms with van der Waals surface area (Å²) in [6.07, 6.45) is 3.57. The van der Waals surface area contributed by atoms with Crippen LogP contribution in [0.1, 0.15) is 6.92 Å². The van der Waals surface area contributed by atoms with E-state index in [2.05, 4.69) is 11.8 Å². The van der Waals surface area contributed by atoms with Crippen molar-refractivity contribution >= 4 is 28.9 Å². The minimum absolute atomic E-state index is 0.108. The summed E-state index contributed by atoms with van der Waals surface area (Å²) in [6, 6.07) is 7.87. The van der Waals surface area contributed by atoms with Crippen molar-refractivity contribution in [1.29, 1.82) is 0 Å². The number of hydrogen-bond donors (Lipinski definition) is 0. The summed E-state index contributed by atoms with van der Waals surface area (Å²) in [6.45, 7) is 2.84. The molecule has 2 heterocycles. The van der Waals surface area contributed by atoms with E-state index >= 15 is 0 Å². The van der Waals surface area contributed by atoms with Crippen LogP contribution in [0, 0.1) is 0 Å². The SMILES string of the molecule is CCN1/C(=C\C=C2/C(=O)N(C)C(=S)N2C)Oc2ccccc21. The van der Waals surface area contributed by atoms with Crippen molar-refractivity contribution in [1.82, 2.24) is 9.80 Å². The third-order valence-corrected chi connectivity index (χ3v) is 4.34. The first kappa shape index (κ1) is 14.6. The number of anilines is 1. The van der Waals surface area contributed by atoms with Gasteiger partial charge in [0.25, 0.3) is 5.91 Å². The van der Waals surface area contributed by atoms with Crippen LogP contribution < -0.4 is 9.64 Å². The van der Waals surface area contributed by atoms with Gasteiger partial charge in [0.05, 0.1) is 5.69 Å². The summed E-state index contributed by atoms with van der Waals surface area (Å²) in [5.74, 6) is 1.42. The van der Waals surface area contributed by atoms with Crippen LogP contribution in [0.15, 0.2) is 48.0 Å². The van der Waals surface area contributed by atoms with Crippen molar-refractivity contribution in [2.24, 2.45) is 0 Å². The highest BCUT2D eigenvalue weighted by molar-refractivity contribution is 7.80. The van der Waals surface area contributed by atoms with Crippen LogP contribution in [0.2, 0.25) is 0 Å². The van der Waals surface area contributed by atoms with Crippen molar-refractivity contribution in [3.63, 3.8) is 0 Å². The van der Waals surface area contributed by atoms with Gasteiger partial charge in [-0.3, -0.25) is 9.69 Å². The first-order valence-corrected chi connectivity index (χ1v) is 7.47. The van der Waals surface area contributed by atoms with Crippen molar-refractivity contribution in [3.8, 4) is 5.75 Å². The Hall–Kier alpha value is -2.34. The fraction of sp³-hybridized carbons (Fsp3) is 0.250. The Morgan fingerprint density at radius 1 is 1.18 bits per heavy atom. The third-order valence-electron chi connectivity index (χ3n) is 3.80. The van der Waals surface area contributed by atoms with Gasteiger partial charge in [0.2, 0.25) is 5.88 Å². The Balaban J connectivity index is 1.93. The third kappa shape index (κ3) is 2.16. The van der Waals surface area contributed by atoms with Gasteiger partial charge in [0, 0.05) is 26.7 Å². The molecule has 1 aromatic carbocycles. The predicted octanol–water partition coefficient (Wildman–Crippen LogP) is 2.32. The van der Waals surface area contributed by atoms with Gasteiger partial charge in [-0.05, 0) is 37.4 Å². The average Bonchev–Trinajstić information content (AvgIpc) is 2.97. The number of carbonyl (C=O) groups excluding carboxylic acids is 1. The summed E-state index contributed by atoms with van der Waals surface area (Å²) in [7, 11) is 3.46. The lowest BCUT2D eigenvalue weighted by atomic mass is 10.3. The van der Waals surface area contributed by atoms with Gasteiger partial charge in [-0.15, -0.1) is 0 Å². The molecule has 0 spiro atoms. The highest BCUT2D eigenvalue weighted by Crippen LogP contribution is 2.38. The van der Waals surface area contributed by atoms with Crippen molar-refractivity contribution < 1.29 is 9.53 Å². The maximum Gasteiger partial charge on any atom is 0.276 e. The molecule has 22 heavy (non-hydrogen) atoms. The van der Waals surface area contributed by atoms with E-state index in [0.717, 1.165) is 18.0 Å². The maximum absolute atomic E-state index is 12.1.